The van der Waals surface area contributed by atoms with E-state index in [4.69, 9.17) is 5.73 Å². The van der Waals surface area contributed by atoms with E-state index in [0.29, 0.717) is 13.0 Å². The van der Waals surface area contributed by atoms with Crippen molar-refractivity contribution in [3.8, 4) is 0 Å². The first-order valence-corrected chi connectivity index (χ1v) is 6.55. The van der Waals surface area contributed by atoms with E-state index >= 15 is 0 Å². The van der Waals surface area contributed by atoms with Crippen molar-refractivity contribution >= 4 is 11.9 Å². The van der Waals surface area contributed by atoms with Crippen LogP contribution in [0.5, 0.6) is 0 Å². The topological polar surface area (TPSA) is 75.4 Å². The number of hydrogen-bond donors (Lipinski definition) is 2. The molecule has 1 heterocycles. The minimum atomic E-state index is -0.412. The Labute approximate surface area is 102 Å². The van der Waals surface area contributed by atoms with Crippen LogP contribution in [0.4, 0.5) is 4.79 Å². The number of nitrogens with two attached hydrogens (primary N) is 1. The van der Waals surface area contributed by atoms with Gasteiger partial charge in [0.15, 0.2) is 0 Å². The summed E-state index contributed by atoms with van der Waals surface area (Å²) in [6.45, 7) is 0.645. The third-order valence-corrected chi connectivity index (χ3v) is 3.77. The van der Waals surface area contributed by atoms with Crippen LogP contribution in [0.3, 0.4) is 0 Å². The van der Waals surface area contributed by atoms with Crippen molar-refractivity contribution in [2.75, 3.05) is 6.54 Å². The molecule has 0 bridgehead atoms. The van der Waals surface area contributed by atoms with Crippen molar-refractivity contribution < 1.29 is 9.59 Å². The zero-order chi connectivity index (χ0) is 12.3. The molecule has 3 N–H and O–H groups in total. The Kier molecular flexibility index (Phi) is 3.86. The van der Waals surface area contributed by atoms with E-state index in [-0.39, 0.29) is 18.0 Å². The third-order valence-electron chi connectivity index (χ3n) is 3.77. The van der Waals surface area contributed by atoms with Gasteiger partial charge in [-0.25, -0.2) is 4.79 Å². The number of nitrogens with zero attached hydrogens (tertiary/aromatic N) is 1. The summed E-state index contributed by atoms with van der Waals surface area (Å²) >= 11 is 0. The Bertz CT molecular complexity index is 300. The molecule has 1 aliphatic carbocycles. The smallest absolute Gasteiger partial charge is 0.318 e. The molecule has 0 aromatic carbocycles. The highest BCUT2D eigenvalue weighted by molar-refractivity contribution is 5.86. The molecule has 1 aliphatic heterocycles. The van der Waals surface area contributed by atoms with Gasteiger partial charge in [0.2, 0.25) is 5.91 Å². The highest BCUT2D eigenvalue weighted by Gasteiger charge is 2.31. The van der Waals surface area contributed by atoms with Crippen molar-refractivity contribution in [3.63, 3.8) is 0 Å². The highest BCUT2D eigenvalue weighted by atomic mass is 16.2. The number of rotatable bonds is 2. The number of carbonyl (C=O) groups is 2. The Morgan fingerprint density at radius 3 is 2.35 bits per heavy atom. The maximum absolute atomic E-state index is 12.1. The zero-order valence-electron chi connectivity index (χ0n) is 10.2. The number of piperidine rings is 1. The number of likely N-dealkylation sites (tertiary alicyclic amines) is 1. The van der Waals surface area contributed by atoms with Gasteiger partial charge in [-0.05, 0) is 32.1 Å². The minimum Gasteiger partial charge on any atom is -0.368 e. The second kappa shape index (κ2) is 5.38. The first kappa shape index (κ1) is 12.2. The van der Waals surface area contributed by atoms with Gasteiger partial charge in [0.1, 0.15) is 6.04 Å². The van der Waals surface area contributed by atoms with Gasteiger partial charge in [-0.1, -0.05) is 12.8 Å². The second-order valence-corrected chi connectivity index (χ2v) is 5.04. The average Bonchev–Trinajstić information content (AvgIpc) is 2.81. The van der Waals surface area contributed by atoms with E-state index in [1.165, 1.54) is 12.8 Å². The van der Waals surface area contributed by atoms with E-state index in [1.54, 1.807) is 4.90 Å². The lowest BCUT2D eigenvalue weighted by molar-refractivity contribution is -0.123. The molecule has 0 aromatic rings. The summed E-state index contributed by atoms with van der Waals surface area (Å²) in [4.78, 5) is 25.0. The summed E-state index contributed by atoms with van der Waals surface area (Å²) in [5, 5.41) is 3.01. The second-order valence-electron chi connectivity index (χ2n) is 5.04. The van der Waals surface area contributed by atoms with Gasteiger partial charge in [-0.2, -0.15) is 0 Å². The number of hydrogen-bond acceptors (Lipinski definition) is 2. The van der Waals surface area contributed by atoms with Crippen molar-refractivity contribution in [2.24, 2.45) is 5.73 Å². The van der Waals surface area contributed by atoms with Crippen LogP contribution in [0.2, 0.25) is 0 Å². The summed E-state index contributed by atoms with van der Waals surface area (Å²) in [7, 11) is 0. The number of nitrogens with one attached hydrogen (secondary N) is 1. The summed E-state index contributed by atoms with van der Waals surface area (Å²) in [5.74, 6) is -0.383. The van der Waals surface area contributed by atoms with Gasteiger partial charge in [0.05, 0.1) is 0 Å². The summed E-state index contributed by atoms with van der Waals surface area (Å²) in [6.07, 6.45) is 7.12. The minimum absolute atomic E-state index is 0.111. The fourth-order valence-electron chi connectivity index (χ4n) is 2.80. The van der Waals surface area contributed by atoms with Crippen molar-refractivity contribution in [1.82, 2.24) is 10.2 Å². The van der Waals surface area contributed by atoms with E-state index in [9.17, 15) is 9.59 Å². The van der Waals surface area contributed by atoms with Crippen LogP contribution < -0.4 is 11.1 Å². The van der Waals surface area contributed by atoms with Gasteiger partial charge in [0, 0.05) is 12.6 Å². The average molecular weight is 239 g/mol. The predicted octanol–water partition coefficient (Wildman–Crippen LogP) is 0.978. The standard InChI is InChI=1S/C12H21N3O2/c13-11(16)10-7-3-4-8-15(10)12(17)14-9-5-1-2-6-9/h9-10H,1-8H2,(H2,13,16)(H,14,17). The number of primary amides is 1. The molecule has 2 fully saturated rings. The number of amides is 3. The molecule has 96 valence electrons. The first-order valence-electron chi connectivity index (χ1n) is 6.55. The van der Waals surface area contributed by atoms with Crippen molar-refractivity contribution in [3.05, 3.63) is 0 Å². The van der Waals surface area contributed by atoms with E-state index in [2.05, 4.69) is 5.32 Å². The van der Waals surface area contributed by atoms with Gasteiger partial charge < -0.3 is 16.0 Å². The molecule has 1 unspecified atom stereocenters. The normalized spacial score (nSPS) is 25.9. The Morgan fingerprint density at radius 2 is 1.71 bits per heavy atom. The fourth-order valence-corrected chi connectivity index (χ4v) is 2.80. The quantitative estimate of drug-likeness (QED) is 0.753. The maximum atomic E-state index is 12.1. The molecule has 17 heavy (non-hydrogen) atoms. The molecular formula is C12H21N3O2. The van der Waals surface area contributed by atoms with Gasteiger partial charge in [0.25, 0.3) is 0 Å². The fraction of sp³-hybridized carbons (Fsp3) is 0.833. The molecule has 3 amide bonds. The molecule has 2 aliphatic rings. The van der Waals surface area contributed by atoms with Crippen LogP contribution in [0.25, 0.3) is 0 Å². The zero-order valence-corrected chi connectivity index (χ0v) is 10.2. The predicted molar refractivity (Wildman–Crippen MR) is 64.3 cm³/mol. The van der Waals surface area contributed by atoms with Crippen LogP contribution in [-0.2, 0) is 4.79 Å². The first-order chi connectivity index (χ1) is 8.18. The van der Waals surface area contributed by atoms with Crippen LogP contribution in [0.1, 0.15) is 44.9 Å². The van der Waals surface area contributed by atoms with Crippen LogP contribution >= 0.6 is 0 Å². The van der Waals surface area contributed by atoms with E-state index in [1.807, 2.05) is 0 Å². The lowest BCUT2D eigenvalue weighted by Crippen LogP contribution is -2.55. The molecule has 5 heteroatoms. The van der Waals surface area contributed by atoms with E-state index < -0.39 is 6.04 Å². The molecule has 0 aromatic heterocycles. The van der Waals surface area contributed by atoms with Crippen LogP contribution in [-0.4, -0.2) is 35.5 Å². The third kappa shape index (κ3) is 2.90. The molecular weight excluding hydrogens is 218 g/mol. The summed E-state index contributed by atoms with van der Waals surface area (Å²) < 4.78 is 0. The summed E-state index contributed by atoms with van der Waals surface area (Å²) in [6, 6.07) is -0.233. The molecule has 1 saturated carbocycles. The van der Waals surface area contributed by atoms with E-state index in [0.717, 1.165) is 25.7 Å². The number of carbonyl (C=O) groups excluding carboxylic acids is 2. The van der Waals surface area contributed by atoms with Gasteiger partial charge >= 0.3 is 6.03 Å². The Balaban J connectivity index is 1.93. The SMILES string of the molecule is NC(=O)C1CCCCN1C(=O)NC1CCCC1. The molecule has 5 nitrogen and oxygen atoms in total. The maximum Gasteiger partial charge on any atom is 0.318 e. The molecule has 0 spiro atoms. The van der Waals surface area contributed by atoms with Crippen molar-refractivity contribution in [1.29, 1.82) is 0 Å². The Hall–Kier alpha value is -1.26. The molecule has 2 rings (SSSR count). The van der Waals surface area contributed by atoms with Gasteiger partial charge in [-0.15, -0.1) is 0 Å². The molecule has 0 radical (unpaired) electrons. The van der Waals surface area contributed by atoms with Crippen LogP contribution in [0.15, 0.2) is 0 Å². The van der Waals surface area contributed by atoms with Crippen LogP contribution in [0, 0.1) is 0 Å². The lowest BCUT2D eigenvalue weighted by atomic mass is 10.0. The molecule has 1 saturated heterocycles. The number of urea groups is 1. The highest BCUT2D eigenvalue weighted by Crippen LogP contribution is 2.20. The lowest BCUT2D eigenvalue weighted by Gasteiger charge is -2.34. The monoisotopic (exact) mass is 239 g/mol. The summed E-state index contributed by atoms with van der Waals surface area (Å²) in [5.41, 5.74) is 5.34. The largest absolute Gasteiger partial charge is 0.368 e. The molecule has 1 atom stereocenters. The Morgan fingerprint density at radius 1 is 1.06 bits per heavy atom. The van der Waals surface area contributed by atoms with Crippen molar-refractivity contribution in [2.45, 2.75) is 57.0 Å². The van der Waals surface area contributed by atoms with Gasteiger partial charge in [-0.3, -0.25) is 4.79 Å².